The van der Waals surface area contributed by atoms with Gasteiger partial charge in [-0.1, -0.05) is 18.0 Å². The van der Waals surface area contributed by atoms with Crippen LogP contribution in [0.5, 0.6) is 0 Å². The molecule has 0 saturated heterocycles. The molecule has 26 heavy (non-hydrogen) atoms. The average Bonchev–Trinajstić information content (AvgIpc) is 3.41. The second-order valence-electron chi connectivity index (χ2n) is 6.55. The molecule has 0 bridgehead atoms. The van der Waals surface area contributed by atoms with Crippen LogP contribution >= 0.6 is 0 Å². The number of nitrogens with zero attached hydrogens (tertiary/aromatic N) is 4. The summed E-state index contributed by atoms with van der Waals surface area (Å²) in [6.07, 6.45) is 6.32. The summed E-state index contributed by atoms with van der Waals surface area (Å²) in [5.74, 6) is 0.805. The molecule has 0 amide bonds. The van der Waals surface area contributed by atoms with E-state index in [-0.39, 0.29) is 5.82 Å². The Bertz CT molecular complexity index is 1060. The van der Waals surface area contributed by atoms with Crippen molar-refractivity contribution in [2.24, 2.45) is 0 Å². The highest BCUT2D eigenvalue weighted by Crippen LogP contribution is 2.37. The van der Waals surface area contributed by atoms with Crippen LogP contribution in [0.25, 0.3) is 34.0 Å². The lowest BCUT2D eigenvalue weighted by Gasteiger charge is -2.03. The third kappa shape index (κ3) is 2.56. The Labute approximate surface area is 148 Å². The molecule has 0 aliphatic heterocycles. The van der Waals surface area contributed by atoms with E-state index < -0.39 is 0 Å². The highest BCUT2D eigenvalue weighted by Gasteiger charge is 2.24. The first kappa shape index (κ1) is 15.2. The lowest BCUT2D eigenvalue weighted by Crippen LogP contribution is -1.93. The molecule has 0 atom stereocenters. The van der Waals surface area contributed by atoms with Crippen molar-refractivity contribution in [2.45, 2.75) is 31.6 Å². The van der Waals surface area contributed by atoms with Gasteiger partial charge in [-0.2, -0.15) is 0 Å². The molecule has 1 saturated carbocycles. The molecule has 1 aromatic carbocycles. The fraction of sp³-hybridized carbons (Fsp3) is 0.263. The van der Waals surface area contributed by atoms with Crippen molar-refractivity contribution in [3.63, 3.8) is 0 Å². The van der Waals surface area contributed by atoms with E-state index in [1.54, 1.807) is 18.3 Å². The summed E-state index contributed by atoms with van der Waals surface area (Å²) in [6, 6.07) is 7.86. The van der Waals surface area contributed by atoms with Crippen LogP contribution < -0.4 is 0 Å². The summed E-state index contributed by atoms with van der Waals surface area (Å²) in [7, 11) is 0. The van der Waals surface area contributed by atoms with Crippen molar-refractivity contribution >= 4 is 11.1 Å². The lowest BCUT2D eigenvalue weighted by atomic mass is 10.0. The van der Waals surface area contributed by atoms with Crippen molar-refractivity contribution < 1.29 is 13.3 Å². The molecule has 1 aliphatic rings. The summed E-state index contributed by atoms with van der Waals surface area (Å²) < 4.78 is 24.2. The SMILES string of the molecule is Fc1ccc(-c2nnc(-c3cnc4onc(C5CCCC5)c4c3)o2)cc1. The molecule has 4 aromatic rings. The Morgan fingerprint density at radius 2 is 1.69 bits per heavy atom. The molecule has 0 N–H and O–H groups in total. The Hall–Kier alpha value is -3.09. The number of benzene rings is 1. The van der Waals surface area contributed by atoms with Crippen LogP contribution in [0.1, 0.15) is 37.3 Å². The Kier molecular flexibility index (Phi) is 3.51. The number of hydrogen-bond acceptors (Lipinski definition) is 6. The third-order valence-electron chi connectivity index (χ3n) is 4.86. The minimum absolute atomic E-state index is 0.310. The average molecular weight is 350 g/mol. The first-order valence-corrected chi connectivity index (χ1v) is 8.63. The van der Waals surface area contributed by atoms with Crippen molar-refractivity contribution in [1.29, 1.82) is 0 Å². The van der Waals surface area contributed by atoms with Gasteiger partial charge < -0.3 is 8.94 Å². The van der Waals surface area contributed by atoms with Gasteiger partial charge in [-0.05, 0) is 43.2 Å². The van der Waals surface area contributed by atoms with Crippen LogP contribution in [0.15, 0.2) is 45.5 Å². The van der Waals surface area contributed by atoms with Crippen LogP contribution in [0.4, 0.5) is 4.39 Å². The van der Waals surface area contributed by atoms with E-state index in [1.165, 1.54) is 25.0 Å². The second-order valence-corrected chi connectivity index (χ2v) is 6.55. The molecule has 1 aliphatic carbocycles. The van der Waals surface area contributed by atoms with E-state index in [1.807, 2.05) is 6.07 Å². The maximum Gasteiger partial charge on any atom is 0.257 e. The standard InChI is InChI=1S/C19H15FN4O2/c20-14-7-5-12(6-8-14)17-22-23-18(25-17)13-9-15-16(11-3-1-2-4-11)24-26-19(15)21-10-13/h5-11H,1-4H2. The molecule has 0 spiro atoms. The summed E-state index contributed by atoms with van der Waals surface area (Å²) in [6.45, 7) is 0. The predicted octanol–water partition coefficient (Wildman–Crippen LogP) is 4.74. The van der Waals surface area contributed by atoms with Crippen molar-refractivity contribution in [3.05, 3.63) is 48.0 Å². The lowest BCUT2D eigenvalue weighted by molar-refractivity contribution is 0.430. The van der Waals surface area contributed by atoms with Gasteiger partial charge in [0.2, 0.25) is 11.8 Å². The molecular formula is C19H15FN4O2. The first-order valence-electron chi connectivity index (χ1n) is 8.63. The summed E-state index contributed by atoms with van der Waals surface area (Å²) in [5, 5.41) is 13.3. The minimum atomic E-state index is -0.310. The highest BCUT2D eigenvalue weighted by atomic mass is 19.1. The van der Waals surface area contributed by atoms with Crippen LogP contribution in [0.2, 0.25) is 0 Å². The number of pyridine rings is 1. The normalized spacial score (nSPS) is 15.1. The molecule has 0 radical (unpaired) electrons. The number of rotatable bonds is 3. The second kappa shape index (κ2) is 6.01. The monoisotopic (exact) mass is 350 g/mol. The van der Waals surface area contributed by atoms with Crippen LogP contribution in [0, 0.1) is 5.82 Å². The Morgan fingerprint density at radius 3 is 2.46 bits per heavy atom. The zero-order chi connectivity index (χ0) is 17.5. The zero-order valence-corrected chi connectivity index (χ0v) is 13.9. The fourth-order valence-corrected chi connectivity index (χ4v) is 3.51. The van der Waals surface area contributed by atoms with E-state index in [4.69, 9.17) is 8.94 Å². The van der Waals surface area contributed by atoms with E-state index in [0.717, 1.165) is 23.9 Å². The van der Waals surface area contributed by atoms with Gasteiger partial charge in [-0.15, -0.1) is 10.2 Å². The Morgan fingerprint density at radius 1 is 0.962 bits per heavy atom. The highest BCUT2D eigenvalue weighted by molar-refractivity contribution is 5.80. The quantitative estimate of drug-likeness (QED) is 0.531. The van der Waals surface area contributed by atoms with Gasteiger partial charge in [0, 0.05) is 17.7 Å². The minimum Gasteiger partial charge on any atom is -0.416 e. The number of halogens is 1. The third-order valence-corrected chi connectivity index (χ3v) is 4.86. The molecule has 7 heteroatoms. The van der Waals surface area contributed by atoms with E-state index in [2.05, 4.69) is 20.3 Å². The van der Waals surface area contributed by atoms with Gasteiger partial charge in [0.1, 0.15) is 5.82 Å². The van der Waals surface area contributed by atoms with Crippen LogP contribution in [0.3, 0.4) is 0 Å². The molecule has 6 nitrogen and oxygen atoms in total. The van der Waals surface area contributed by atoms with Crippen molar-refractivity contribution in [1.82, 2.24) is 20.3 Å². The summed E-state index contributed by atoms with van der Waals surface area (Å²) in [5.41, 5.74) is 2.86. The maximum atomic E-state index is 13.1. The van der Waals surface area contributed by atoms with Gasteiger partial charge in [0.15, 0.2) is 0 Å². The predicted molar refractivity (Wildman–Crippen MR) is 91.7 cm³/mol. The molecule has 3 aromatic heterocycles. The van der Waals surface area contributed by atoms with Crippen molar-refractivity contribution in [3.8, 4) is 22.9 Å². The van der Waals surface area contributed by atoms with Gasteiger partial charge in [0.05, 0.1) is 16.6 Å². The topological polar surface area (TPSA) is 77.8 Å². The van der Waals surface area contributed by atoms with Crippen LogP contribution in [-0.2, 0) is 0 Å². The molecule has 3 heterocycles. The van der Waals surface area contributed by atoms with E-state index in [0.29, 0.717) is 34.5 Å². The van der Waals surface area contributed by atoms with Gasteiger partial charge >= 0.3 is 0 Å². The molecule has 130 valence electrons. The summed E-state index contributed by atoms with van der Waals surface area (Å²) >= 11 is 0. The van der Waals surface area contributed by atoms with E-state index >= 15 is 0 Å². The number of aromatic nitrogens is 4. The number of hydrogen-bond donors (Lipinski definition) is 0. The molecule has 5 rings (SSSR count). The number of fused-ring (bicyclic) bond motifs is 1. The van der Waals surface area contributed by atoms with Crippen molar-refractivity contribution in [2.75, 3.05) is 0 Å². The smallest absolute Gasteiger partial charge is 0.257 e. The largest absolute Gasteiger partial charge is 0.416 e. The van der Waals surface area contributed by atoms with Gasteiger partial charge in [-0.25, -0.2) is 9.37 Å². The fourth-order valence-electron chi connectivity index (χ4n) is 3.51. The first-order chi connectivity index (χ1) is 12.8. The molecule has 1 fully saturated rings. The van der Waals surface area contributed by atoms with Gasteiger partial charge in [0.25, 0.3) is 5.71 Å². The maximum absolute atomic E-state index is 13.1. The molecule has 0 unspecified atom stereocenters. The Balaban J connectivity index is 1.52. The van der Waals surface area contributed by atoms with Crippen LogP contribution in [-0.4, -0.2) is 20.3 Å². The molecular weight excluding hydrogens is 335 g/mol. The van der Waals surface area contributed by atoms with Gasteiger partial charge in [-0.3, -0.25) is 0 Å². The summed E-state index contributed by atoms with van der Waals surface area (Å²) in [4.78, 5) is 4.34. The zero-order valence-electron chi connectivity index (χ0n) is 13.9. The van der Waals surface area contributed by atoms with E-state index in [9.17, 15) is 4.39 Å².